The smallest absolute Gasteiger partial charge is 0.220 e. The molecule has 2 aliphatic carbocycles. The van der Waals surface area contributed by atoms with Gasteiger partial charge in [-0.3, -0.25) is 4.79 Å². The maximum atomic E-state index is 11.2. The van der Waals surface area contributed by atoms with Crippen LogP contribution in [0.2, 0.25) is 0 Å². The van der Waals surface area contributed by atoms with E-state index in [4.69, 9.17) is 0 Å². The highest BCUT2D eigenvalue weighted by Crippen LogP contribution is 2.47. The molecule has 0 heterocycles. The van der Waals surface area contributed by atoms with Crippen LogP contribution in [0.5, 0.6) is 0 Å². The van der Waals surface area contributed by atoms with Crippen molar-refractivity contribution >= 4 is 5.91 Å². The van der Waals surface area contributed by atoms with Gasteiger partial charge in [-0.2, -0.15) is 0 Å². The monoisotopic (exact) mass is 167 g/mol. The van der Waals surface area contributed by atoms with Crippen molar-refractivity contribution in [1.82, 2.24) is 5.32 Å². The lowest BCUT2D eigenvalue weighted by atomic mass is 9.93. The van der Waals surface area contributed by atoms with Crippen molar-refractivity contribution < 1.29 is 4.79 Å². The maximum absolute atomic E-state index is 11.2. The molecule has 0 atom stereocenters. The number of hydrogen-bond donors (Lipinski definition) is 1. The van der Waals surface area contributed by atoms with E-state index in [1.54, 1.807) is 0 Å². The number of fused-ring (bicyclic) bond motifs is 2. The average molecular weight is 167 g/mol. The third kappa shape index (κ3) is 1.23. The summed E-state index contributed by atoms with van der Waals surface area (Å²) in [4.78, 5) is 11.2. The molecule has 2 heteroatoms. The van der Waals surface area contributed by atoms with E-state index in [-0.39, 0.29) is 11.4 Å². The highest BCUT2D eigenvalue weighted by atomic mass is 16.1. The molecule has 2 saturated carbocycles. The summed E-state index contributed by atoms with van der Waals surface area (Å²) in [5.74, 6) is 1.15. The van der Waals surface area contributed by atoms with Crippen LogP contribution < -0.4 is 5.32 Å². The summed E-state index contributed by atoms with van der Waals surface area (Å²) in [6, 6.07) is 0. The van der Waals surface area contributed by atoms with Crippen molar-refractivity contribution in [3.05, 3.63) is 0 Å². The van der Waals surface area contributed by atoms with E-state index in [9.17, 15) is 4.79 Å². The quantitative estimate of drug-likeness (QED) is 0.668. The van der Waals surface area contributed by atoms with Gasteiger partial charge in [-0.15, -0.1) is 0 Å². The number of rotatable bonds is 2. The minimum atomic E-state index is 0.234. The van der Waals surface area contributed by atoms with Crippen LogP contribution in [-0.4, -0.2) is 11.4 Å². The third-order valence-electron chi connectivity index (χ3n) is 3.47. The molecule has 0 spiro atoms. The number of carbonyl (C=O) groups is 1. The van der Waals surface area contributed by atoms with Crippen LogP contribution in [0, 0.1) is 5.92 Å². The molecule has 68 valence electrons. The molecular weight excluding hydrogens is 150 g/mol. The Hall–Kier alpha value is -0.530. The first kappa shape index (κ1) is 8.09. The SMILES string of the molecule is CCC(=O)NC12CCC(CC1)C2. The van der Waals surface area contributed by atoms with Gasteiger partial charge >= 0.3 is 0 Å². The van der Waals surface area contributed by atoms with Gasteiger partial charge in [-0.25, -0.2) is 0 Å². The van der Waals surface area contributed by atoms with Crippen LogP contribution in [-0.2, 0) is 4.79 Å². The van der Waals surface area contributed by atoms with Crippen molar-refractivity contribution in [2.24, 2.45) is 5.92 Å². The Kier molecular flexibility index (Phi) is 1.85. The van der Waals surface area contributed by atoms with E-state index in [0.29, 0.717) is 6.42 Å². The predicted octanol–water partition coefficient (Wildman–Crippen LogP) is 1.85. The zero-order chi connectivity index (χ0) is 8.60. The van der Waals surface area contributed by atoms with Gasteiger partial charge in [0.25, 0.3) is 0 Å². The van der Waals surface area contributed by atoms with Gasteiger partial charge < -0.3 is 5.32 Å². The molecule has 2 nitrogen and oxygen atoms in total. The van der Waals surface area contributed by atoms with Crippen molar-refractivity contribution in [3.8, 4) is 0 Å². The lowest BCUT2D eigenvalue weighted by molar-refractivity contribution is -0.122. The first-order valence-electron chi connectivity index (χ1n) is 5.05. The highest BCUT2D eigenvalue weighted by Gasteiger charge is 2.45. The van der Waals surface area contributed by atoms with E-state index in [1.165, 1.54) is 32.1 Å². The fourth-order valence-corrected chi connectivity index (χ4v) is 2.75. The minimum absolute atomic E-state index is 0.234. The number of hydrogen-bond acceptors (Lipinski definition) is 1. The van der Waals surface area contributed by atoms with Gasteiger partial charge in [0.2, 0.25) is 5.91 Å². The standard InChI is InChI=1S/C10H17NO/c1-2-9(12)11-10-5-3-8(7-10)4-6-10/h8H,2-7H2,1H3,(H,11,12). The summed E-state index contributed by atoms with van der Waals surface area (Å²) < 4.78 is 0. The summed E-state index contributed by atoms with van der Waals surface area (Å²) in [6.45, 7) is 1.92. The van der Waals surface area contributed by atoms with Crippen LogP contribution in [0.3, 0.4) is 0 Å². The van der Waals surface area contributed by atoms with E-state index in [2.05, 4.69) is 5.32 Å². The van der Waals surface area contributed by atoms with Crippen molar-refractivity contribution in [1.29, 1.82) is 0 Å². The average Bonchev–Trinajstić information content (AvgIpc) is 2.63. The molecule has 0 aromatic carbocycles. The molecule has 2 aliphatic rings. The molecular formula is C10H17NO. The number of amides is 1. The molecule has 0 aliphatic heterocycles. The molecule has 2 rings (SSSR count). The Labute approximate surface area is 73.7 Å². The third-order valence-corrected chi connectivity index (χ3v) is 3.47. The number of nitrogens with one attached hydrogen (secondary N) is 1. The summed E-state index contributed by atoms with van der Waals surface area (Å²) >= 11 is 0. The largest absolute Gasteiger partial charge is 0.351 e. The Morgan fingerprint density at radius 1 is 1.50 bits per heavy atom. The fourth-order valence-electron chi connectivity index (χ4n) is 2.75. The van der Waals surface area contributed by atoms with Gasteiger partial charge in [0.05, 0.1) is 0 Å². The molecule has 0 unspecified atom stereocenters. The van der Waals surface area contributed by atoms with Crippen LogP contribution in [0.15, 0.2) is 0 Å². The topological polar surface area (TPSA) is 29.1 Å². The predicted molar refractivity (Wildman–Crippen MR) is 47.7 cm³/mol. The molecule has 0 aromatic rings. The molecule has 1 amide bonds. The van der Waals surface area contributed by atoms with Gasteiger partial charge in [0.15, 0.2) is 0 Å². The molecule has 1 N–H and O–H groups in total. The fraction of sp³-hybridized carbons (Fsp3) is 0.900. The van der Waals surface area contributed by atoms with Crippen molar-refractivity contribution in [3.63, 3.8) is 0 Å². The van der Waals surface area contributed by atoms with E-state index in [0.717, 1.165) is 5.92 Å². The molecule has 0 radical (unpaired) electrons. The van der Waals surface area contributed by atoms with Crippen molar-refractivity contribution in [2.45, 2.75) is 51.0 Å². The van der Waals surface area contributed by atoms with Gasteiger partial charge in [0.1, 0.15) is 0 Å². The lowest BCUT2D eigenvalue weighted by Crippen LogP contribution is -2.44. The van der Waals surface area contributed by atoms with E-state index >= 15 is 0 Å². The second-order valence-corrected chi connectivity index (χ2v) is 4.33. The summed E-state index contributed by atoms with van der Waals surface area (Å²) in [5.41, 5.74) is 0.234. The Morgan fingerprint density at radius 2 is 2.17 bits per heavy atom. The number of carbonyl (C=O) groups excluding carboxylic acids is 1. The molecule has 2 fully saturated rings. The van der Waals surface area contributed by atoms with Crippen LogP contribution >= 0.6 is 0 Å². The molecule has 12 heavy (non-hydrogen) atoms. The minimum Gasteiger partial charge on any atom is -0.351 e. The summed E-state index contributed by atoms with van der Waals surface area (Å²) in [6.07, 6.45) is 7.01. The summed E-state index contributed by atoms with van der Waals surface area (Å²) in [5, 5.41) is 3.19. The second kappa shape index (κ2) is 2.75. The van der Waals surface area contributed by atoms with Gasteiger partial charge in [-0.1, -0.05) is 6.92 Å². The first-order valence-corrected chi connectivity index (χ1v) is 5.05. The zero-order valence-corrected chi connectivity index (χ0v) is 7.73. The second-order valence-electron chi connectivity index (χ2n) is 4.33. The van der Waals surface area contributed by atoms with Crippen LogP contribution in [0.4, 0.5) is 0 Å². The Morgan fingerprint density at radius 3 is 2.58 bits per heavy atom. The molecule has 2 bridgehead atoms. The van der Waals surface area contributed by atoms with E-state index in [1.807, 2.05) is 6.92 Å². The van der Waals surface area contributed by atoms with Crippen LogP contribution in [0.25, 0.3) is 0 Å². The highest BCUT2D eigenvalue weighted by molar-refractivity contribution is 5.76. The molecule has 0 saturated heterocycles. The lowest BCUT2D eigenvalue weighted by Gasteiger charge is -2.27. The van der Waals surface area contributed by atoms with E-state index < -0.39 is 0 Å². The Bertz CT molecular complexity index is 192. The molecule has 0 aromatic heterocycles. The summed E-state index contributed by atoms with van der Waals surface area (Å²) in [7, 11) is 0. The normalized spacial score (nSPS) is 38.6. The van der Waals surface area contributed by atoms with Crippen molar-refractivity contribution in [2.75, 3.05) is 0 Å². The Balaban J connectivity index is 1.98. The first-order chi connectivity index (χ1) is 5.74. The van der Waals surface area contributed by atoms with Crippen LogP contribution in [0.1, 0.15) is 45.4 Å². The van der Waals surface area contributed by atoms with Gasteiger partial charge in [0, 0.05) is 12.0 Å². The zero-order valence-electron chi connectivity index (χ0n) is 7.73. The maximum Gasteiger partial charge on any atom is 0.220 e. The van der Waals surface area contributed by atoms with Gasteiger partial charge in [-0.05, 0) is 38.0 Å².